The largest absolute Gasteiger partial charge is 0.354 e. The molecule has 1 saturated heterocycles. The zero-order valence-corrected chi connectivity index (χ0v) is 22.2. The number of likely N-dealkylation sites (N-methyl/N-ethyl adjacent to an activating group) is 1. The Morgan fingerprint density at radius 1 is 1.10 bits per heavy atom. The molecule has 2 aromatic heterocycles. The Kier molecular flexibility index (Phi) is 8.69. The molecule has 13 nitrogen and oxygen atoms in total. The van der Waals surface area contributed by atoms with Gasteiger partial charge in [-0.25, -0.2) is 28.2 Å². The van der Waals surface area contributed by atoms with Crippen LogP contribution in [0.25, 0.3) is 11.2 Å². The number of carbonyl (C=O) groups is 2. The lowest BCUT2D eigenvalue weighted by atomic mass is 10.2. The number of ether oxygens (including phenoxy) is 1. The Balaban J connectivity index is 1.44. The molecular formula is C25H30N8O5S. The van der Waals surface area contributed by atoms with Gasteiger partial charge in [0.1, 0.15) is 18.7 Å². The van der Waals surface area contributed by atoms with E-state index in [0.717, 1.165) is 0 Å². The molecule has 3 aromatic rings. The predicted molar refractivity (Wildman–Crippen MR) is 145 cm³/mol. The monoisotopic (exact) mass is 554 g/mol. The third-order valence-electron chi connectivity index (χ3n) is 5.96. The number of amides is 3. The summed E-state index contributed by atoms with van der Waals surface area (Å²) in [6, 6.07) is 5.18. The first-order valence-corrected chi connectivity index (χ1v) is 13.7. The zero-order valence-electron chi connectivity index (χ0n) is 21.4. The highest BCUT2D eigenvalue weighted by molar-refractivity contribution is 7.89. The number of nitrogens with zero attached hydrogens (tertiary/aromatic N) is 5. The maximum atomic E-state index is 12.9. The predicted octanol–water partition coefficient (Wildman–Crippen LogP) is 2.65. The summed E-state index contributed by atoms with van der Waals surface area (Å²) < 4.78 is 34.6. The molecule has 14 heteroatoms. The number of rotatable bonds is 11. The van der Waals surface area contributed by atoms with Crippen LogP contribution in [-0.4, -0.2) is 69.9 Å². The molecule has 0 spiro atoms. The summed E-state index contributed by atoms with van der Waals surface area (Å²) in [6.07, 6.45) is 6.02. The van der Waals surface area contributed by atoms with Gasteiger partial charge in [0, 0.05) is 25.3 Å². The zero-order chi connectivity index (χ0) is 28.0. The molecule has 1 aliphatic rings. The molecule has 1 fully saturated rings. The molecule has 3 heterocycles. The van der Waals surface area contributed by atoms with Gasteiger partial charge in [-0.3, -0.25) is 14.7 Å². The average Bonchev–Trinajstić information content (AvgIpc) is 3.57. The van der Waals surface area contributed by atoms with Crippen LogP contribution in [0.1, 0.15) is 26.0 Å². The van der Waals surface area contributed by atoms with E-state index in [1.54, 1.807) is 4.57 Å². The number of sulfonamides is 1. The number of anilines is 2. The van der Waals surface area contributed by atoms with Crippen molar-refractivity contribution in [3.63, 3.8) is 0 Å². The number of carbonyl (C=O) groups excluding carboxylic acids is 2. The molecule has 1 aliphatic heterocycles. The van der Waals surface area contributed by atoms with E-state index in [-0.39, 0.29) is 29.7 Å². The topological polar surface area (TPSA) is 160 Å². The van der Waals surface area contributed by atoms with Crippen molar-refractivity contribution in [2.45, 2.75) is 37.0 Å². The number of benzene rings is 1. The second kappa shape index (κ2) is 12.1. The number of aromatic nitrogens is 4. The van der Waals surface area contributed by atoms with Crippen LogP contribution in [-0.2, 0) is 19.6 Å². The van der Waals surface area contributed by atoms with Crippen LogP contribution in [0, 0.1) is 0 Å². The van der Waals surface area contributed by atoms with Gasteiger partial charge in [-0.05, 0) is 44.0 Å². The van der Waals surface area contributed by atoms with Crippen molar-refractivity contribution in [3.8, 4) is 0 Å². The van der Waals surface area contributed by atoms with Crippen molar-refractivity contribution in [3.05, 3.63) is 62.2 Å². The van der Waals surface area contributed by atoms with Gasteiger partial charge < -0.3 is 15.4 Å². The quantitative estimate of drug-likeness (QED) is 0.305. The molecule has 1 aromatic carbocycles. The van der Waals surface area contributed by atoms with Crippen molar-refractivity contribution >= 4 is 44.6 Å². The van der Waals surface area contributed by atoms with Crippen LogP contribution >= 0.6 is 0 Å². The first kappa shape index (κ1) is 27.9. The third kappa shape index (κ3) is 6.13. The summed E-state index contributed by atoms with van der Waals surface area (Å²) >= 11 is 0. The van der Waals surface area contributed by atoms with E-state index in [1.807, 2.05) is 6.92 Å². The van der Waals surface area contributed by atoms with Crippen LogP contribution < -0.4 is 16.0 Å². The SMILES string of the molecule is C=CCN(CC=C)S(=O)(=O)c1ccc(NC(=O)Nc2ncnc3c2ncn3[C@H]2CC[C@@H](C(=O)NCC)O2)cc1. The molecule has 4 rings (SSSR count). The summed E-state index contributed by atoms with van der Waals surface area (Å²) in [5, 5.41) is 8.06. The molecule has 0 radical (unpaired) electrons. The lowest BCUT2D eigenvalue weighted by molar-refractivity contribution is -0.133. The smallest absolute Gasteiger partial charge is 0.324 e. The van der Waals surface area contributed by atoms with E-state index in [0.29, 0.717) is 36.2 Å². The van der Waals surface area contributed by atoms with E-state index >= 15 is 0 Å². The average molecular weight is 555 g/mol. The minimum Gasteiger partial charge on any atom is -0.354 e. The molecule has 0 aliphatic carbocycles. The number of nitrogens with one attached hydrogen (secondary N) is 3. The van der Waals surface area contributed by atoms with Crippen LogP contribution in [0.4, 0.5) is 16.3 Å². The summed E-state index contributed by atoms with van der Waals surface area (Å²) in [7, 11) is -3.76. The summed E-state index contributed by atoms with van der Waals surface area (Å²) in [5.74, 6) is 0.0211. The van der Waals surface area contributed by atoms with Crippen LogP contribution in [0.15, 0.2) is 67.1 Å². The fraction of sp³-hybridized carbons (Fsp3) is 0.320. The van der Waals surface area contributed by atoms with Gasteiger partial charge >= 0.3 is 6.03 Å². The number of hydrogen-bond acceptors (Lipinski definition) is 8. The fourth-order valence-electron chi connectivity index (χ4n) is 4.15. The van der Waals surface area contributed by atoms with Gasteiger partial charge in [0.25, 0.3) is 0 Å². The number of imidazole rings is 1. The first-order valence-electron chi connectivity index (χ1n) is 12.3. The van der Waals surface area contributed by atoms with E-state index in [9.17, 15) is 18.0 Å². The van der Waals surface area contributed by atoms with Crippen LogP contribution in [0.5, 0.6) is 0 Å². The van der Waals surface area contributed by atoms with Crippen molar-refractivity contribution in [2.24, 2.45) is 0 Å². The number of hydrogen-bond donors (Lipinski definition) is 3. The minimum atomic E-state index is -3.76. The van der Waals surface area contributed by atoms with Crippen LogP contribution in [0.2, 0.25) is 0 Å². The van der Waals surface area contributed by atoms with Gasteiger partial charge in [-0.1, -0.05) is 12.2 Å². The van der Waals surface area contributed by atoms with Gasteiger partial charge in [0.2, 0.25) is 15.9 Å². The molecule has 0 unspecified atom stereocenters. The fourth-order valence-corrected chi connectivity index (χ4v) is 5.53. The maximum Gasteiger partial charge on any atom is 0.324 e. The van der Waals surface area contributed by atoms with Gasteiger partial charge in [-0.2, -0.15) is 4.31 Å². The number of fused-ring (bicyclic) bond motifs is 1. The molecule has 0 saturated carbocycles. The van der Waals surface area contributed by atoms with E-state index in [1.165, 1.54) is 53.4 Å². The van der Waals surface area contributed by atoms with Gasteiger partial charge in [0.05, 0.1) is 11.2 Å². The standard InChI is InChI=1S/C25H30N8O5S/c1-4-13-32(14-5-2)39(36,37)18-9-7-17(8-10-18)30-25(35)31-22-21-23(28-15-27-22)33(16-29-21)20-12-11-19(38-20)24(34)26-6-3/h4-5,7-10,15-16,19-20H,1-2,6,11-14H2,3H3,(H,26,34)(H2,27,28,30,31,35)/t19-,20+/m0/s1. The molecule has 2 atom stereocenters. The maximum absolute atomic E-state index is 12.9. The molecule has 206 valence electrons. The highest BCUT2D eigenvalue weighted by atomic mass is 32.2. The van der Waals surface area contributed by atoms with Crippen molar-refractivity contribution in [1.29, 1.82) is 0 Å². The Morgan fingerprint density at radius 2 is 1.82 bits per heavy atom. The normalized spacial score (nSPS) is 17.2. The molecule has 39 heavy (non-hydrogen) atoms. The van der Waals surface area contributed by atoms with Crippen molar-refractivity contribution in [1.82, 2.24) is 29.1 Å². The lowest BCUT2D eigenvalue weighted by Gasteiger charge is -2.19. The molecule has 3 N–H and O–H groups in total. The summed E-state index contributed by atoms with van der Waals surface area (Å²) in [5.41, 5.74) is 1.17. The highest BCUT2D eigenvalue weighted by Gasteiger charge is 2.32. The molecular weight excluding hydrogens is 524 g/mol. The summed E-state index contributed by atoms with van der Waals surface area (Å²) in [4.78, 5) is 37.6. The van der Waals surface area contributed by atoms with Gasteiger partial charge in [0.15, 0.2) is 17.0 Å². The molecule has 0 bridgehead atoms. The minimum absolute atomic E-state index is 0.0729. The van der Waals surface area contributed by atoms with E-state index in [4.69, 9.17) is 4.74 Å². The summed E-state index contributed by atoms with van der Waals surface area (Å²) in [6.45, 7) is 9.84. The van der Waals surface area contributed by atoms with E-state index in [2.05, 4.69) is 44.1 Å². The second-order valence-corrected chi connectivity index (χ2v) is 10.5. The highest BCUT2D eigenvalue weighted by Crippen LogP contribution is 2.31. The Bertz CT molecular complexity index is 1460. The van der Waals surface area contributed by atoms with Gasteiger partial charge in [-0.15, -0.1) is 13.2 Å². The first-order chi connectivity index (χ1) is 18.8. The Labute approximate surface area is 226 Å². The number of urea groups is 1. The third-order valence-corrected chi connectivity index (χ3v) is 7.80. The van der Waals surface area contributed by atoms with Crippen molar-refractivity contribution < 1.29 is 22.7 Å². The second-order valence-electron chi connectivity index (χ2n) is 8.60. The van der Waals surface area contributed by atoms with Crippen molar-refractivity contribution in [2.75, 3.05) is 30.3 Å². The van der Waals surface area contributed by atoms with Crippen LogP contribution in [0.3, 0.4) is 0 Å². The van der Waals surface area contributed by atoms with E-state index < -0.39 is 28.4 Å². The Morgan fingerprint density at radius 3 is 2.49 bits per heavy atom. The lowest BCUT2D eigenvalue weighted by Crippen LogP contribution is -2.34. The molecule has 3 amide bonds. The Hall–Kier alpha value is -4.14.